The van der Waals surface area contributed by atoms with Gasteiger partial charge in [-0.2, -0.15) is 0 Å². The minimum absolute atomic E-state index is 0.0383. The number of aromatic nitrogens is 2. The Morgan fingerprint density at radius 1 is 1.06 bits per heavy atom. The van der Waals surface area contributed by atoms with Gasteiger partial charge < -0.3 is 5.73 Å². The van der Waals surface area contributed by atoms with Gasteiger partial charge in [-0.15, -0.1) is 0 Å². The van der Waals surface area contributed by atoms with E-state index in [2.05, 4.69) is 41.2 Å². The average molecular weight is 227 g/mol. The Morgan fingerprint density at radius 3 is 2.24 bits per heavy atom. The van der Waals surface area contributed by atoms with E-state index in [0.29, 0.717) is 0 Å². The summed E-state index contributed by atoms with van der Waals surface area (Å²) in [5.41, 5.74) is 9.70. The van der Waals surface area contributed by atoms with Gasteiger partial charge >= 0.3 is 0 Å². The molecule has 1 unspecified atom stereocenters. The summed E-state index contributed by atoms with van der Waals surface area (Å²) < 4.78 is 0. The van der Waals surface area contributed by atoms with Gasteiger partial charge in [0.25, 0.3) is 0 Å². The van der Waals surface area contributed by atoms with Gasteiger partial charge in [0.2, 0.25) is 0 Å². The zero-order valence-electron chi connectivity index (χ0n) is 10.0. The van der Waals surface area contributed by atoms with Crippen LogP contribution < -0.4 is 5.73 Å². The Labute approximate surface area is 102 Å². The Morgan fingerprint density at radius 2 is 1.65 bits per heavy atom. The predicted molar refractivity (Wildman–Crippen MR) is 68.5 cm³/mol. The lowest BCUT2D eigenvalue weighted by atomic mass is 10.0. The van der Waals surface area contributed by atoms with Crippen molar-refractivity contribution in [3.63, 3.8) is 0 Å². The first kappa shape index (κ1) is 11.7. The van der Waals surface area contributed by atoms with Crippen LogP contribution in [0, 0.1) is 0 Å². The summed E-state index contributed by atoms with van der Waals surface area (Å²) in [5.74, 6) is 0. The van der Waals surface area contributed by atoms with E-state index >= 15 is 0 Å². The fraction of sp³-hybridized carbons (Fsp3) is 0.286. The number of nitrogens with zero attached hydrogens (tertiary/aromatic N) is 2. The second-order valence-corrected chi connectivity index (χ2v) is 4.15. The molecule has 1 atom stereocenters. The molecule has 0 radical (unpaired) electrons. The molecule has 0 aliphatic carbocycles. The van der Waals surface area contributed by atoms with Crippen LogP contribution in [0.2, 0.25) is 0 Å². The SMILES string of the molecule is CCc1ccc(CC(N)c2cncnc2)cc1. The molecule has 1 heterocycles. The Balaban J connectivity index is 2.05. The highest BCUT2D eigenvalue weighted by Crippen LogP contribution is 2.15. The molecule has 0 aliphatic rings. The van der Waals surface area contributed by atoms with Crippen molar-refractivity contribution in [1.29, 1.82) is 0 Å². The first-order valence-electron chi connectivity index (χ1n) is 5.88. The topological polar surface area (TPSA) is 51.8 Å². The fourth-order valence-corrected chi connectivity index (χ4v) is 1.78. The Kier molecular flexibility index (Phi) is 3.83. The summed E-state index contributed by atoms with van der Waals surface area (Å²) in [6, 6.07) is 8.56. The van der Waals surface area contributed by atoms with Crippen LogP contribution in [0.15, 0.2) is 43.0 Å². The van der Waals surface area contributed by atoms with Crippen molar-refractivity contribution >= 4 is 0 Å². The smallest absolute Gasteiger partial charge is 0.115 e. The molecule has 2 rings (SSSR count). The summed E-state index contributed by atoms with van der Waals surface area (Å²) in [6.07, 6.45) is 6.96. The lowest BCUT2D eigenvalue weighted by Crippen LogP contribution is -2.13. The molecule has 0 saturated carbocycles. The van der Waals surface area contributed by atoms with Crippen LogP contribution in [0.3, 0.4) is 0 Å². The first-order chi connectivity index (χ1) is 8.29. The van der Waals surface area contributed by atoms with E-state index in [1.165, 1.54) is 17.5 Å². The van der Waals surface area contributed by atoms with Crippen LogP contribution in [-0.2, 0) is 12.8 Å². The second kappa shape index (κ2) is 5.55. The largest absolute Gasteiger partial charge is 0.324 e. The summed E-state index contributed by atoms with van der Waals surface area (Å²) >= 11 is 0. The lowest BCUT2D eigenvalue weighted by molar-refractivity contribution is 0.712. The molecule has 0 aliphatic heterocycles. The maximum Gasteiger partial charge on any atom is 0.115 e. The average Bonchev–Trinajstić information content (AvgIpc) is 2.40. The monoisotopic (exact) mass is 227 g/mol. The maximum absolute atomic E-state index is 6.12. The Hall–Kier alpha value is -1.74. The van der Waals surface area contributed by atoms with Gasteiger partial charge in [0, 0.05) is 24.0 Å². The van der Waals surface area contributed by atoms with Crippen LogP contribution >= 0.6 is 0 Å². The molecule has 2 aromatic rings. The molecule has 3 heteroatoms. The van der Waals surface area contributed by atoms with Crippen LogP contribution in [0.4, 0.5) is 0 Å². The van der Waals surface area contributed by atoms with E-state index < -0.39 is 0 Å². The van der Waals surface area contributed by atoms with Crippen molar-refractivity contribution in [1.82, 2.24) is 9.97 Å². The van der Waals surface area contributed by atoms with Gasteiger partial charge in [0.1, 0.15) is 6.33 Å². The number of hydrogen-bond donors (Lipinski definition) is 1. The van der Waals surface area contributed by atoms with Crippen LogP contribution in [-0.4, -0.2) is 9.97 Å². The van der Waals surface area contributed by atoms with Crippen LogP contribution in [0.25, 0.3) is 0 Å². The van der Waals surface area contributed by atoms with Crippen molar-refractivity contribution < 1.29 is 0 Å². The summed E-state index contributed by atoms with van der Waals surface area (Å²) in [7, 11) is 0. The van der Waals surface area contributed by atoms with Crippen LogP contribution in [0.1, 0.15) is 29.7 Å². The maximum atomic E-state index is 6.12. The molecule has 88 valence electrons. The molecular weight excluding hydrogens is 210 g/mol. The Bertz CT molecular complexity index is 451. The molecule has 0 bridgehead atoms. The molecule has 0 spiro atoms. The molecule has 0 fully saturated rings. The van der Waals surface area contributed by atoms with Crippen molar-refractivity contribution in [3.8, 4) is 0 Å². The molecule has 3 nitrogen and oxygen atoms in total. The van der Waals surface area contributed by atoms with Crippen LogP contribution in [0.5, 0.6) is 0 Å². The van der Waals surface area contributed by atoms with Crippen molar-refractivity contribution in [2.75, 3.05) is 0 Å². The fourth-order valence-electron chi connectivity index (χ4n) is 1.78. The van der Waals surface area contributed by atoms with E-state index in [9.17, 15) is 0 Å². The zero-order valence-corrected chi connectivity index (χ0v) is 10.0. The van der Waals surface area contributed by atoms with Gasteiger partial charge in [0.05, 0.1) is 0 Å². The molecule has 0 saturated heterocycles. The highest BCUT2D eigenvalue weighted by atomic mass is 14.8. The number of nitrogens with two attached hydrogens (primary N) is 1. The van der Waals surface area contributed by atoms with E-state index in [4.69, 9.17) is 5.73 Å². The van der Waals surface area contributed by atoms with E-state index in [0.717, 1.165) is 18.4 Å². The molecule has 2 N–H and O–H groups in total. The van der Waals surface area contributed by atoms with Gasteiger partial charge in [-0.25, -0.2) is 9.97 Å². The minimum Gasteiger partial charge on any atom is -0.324 e. The highest BCUT2D eigenvalue weighted by Gasteiger charge is 2.07. The standard InChI is InChI=1S/C14H17N3/c1-2-11-3-5-12(6-4-11)7-14(15)13-8-16-10-17-9-13/h3-6,8-10,14H,2,7,15H2,1H3. The van der Waals surface area contributed by atoms with Gasteiger partial charge in [-0.3, -0.25) is 0 Å². The highest BCUT2D eigenvalue weighted by molar-refractivity contribution is 5.24. The lowest BCUT2D eigenvalue weighted by Gasteiger charge is -2.11. The first-order valence-corrected chi connectivity index (χ1v) is 5.88. The van der Waals surface area contributed by atoms with E-state index in [1.807, 2.05) is 0 Å². The van der Waals surface area contributed by atoms with Crippen molar-refractivity contribution in [2.24, 2.45) is 5.73 Å². The zero-order chi connectivity index (χ0) is 12.1. The summed E-state index contributed by atoms with van der Waals surface area (Å²) in [6.45, 7) is 2.15. The third kappa shape index (κ3) is 3.11. The molecule has 1 aromatic carbocycles. The normalized spacial score (nSPS) is 12.4. The molecule has 17 heavy (non-hydrogen) atoms. The third-order valence-electron chi connectivity index (χ3n) is 2.90. The quantitative estimate of drug-likeness (QED) is 0.871. The number of aryl methyl sites for hydroxylation is 1. The molecular formula is C14H17N3. The number of hydrogen-bond acceptors (Lipinski definition) is 3. The summed E-state index contributed by atoms with van der Waals surface area (Å²) in [4.78, 5) is 7.97. The second-order valence-electron chi connectivity index (χ2n) is 4.15. The number of rotatable bonds is 4. The van der Waals surface area contributed by atoms with Crippen molar-refractivity contribution in [3.05, 3.63) is 59.7 Å². The molecule has 0 amide bonds. The number of benzene rings is 1. The van der Waals surface area contributed by atoms with Gasteiger partial charge in [-0.1, -0.05) is 31.2 Å². The minimum atomic E-state index is -0.0383. The van der Waals surface area contributed by atoms with E-state index in [-0.39, 0.29) is 6.04 Å². The third-order valence-corrected chi connectivity index (χ3v) is 2.90. The summed E-state index contributed by atoms with van der Waals surface area (Å²) in [5, 5.41) is 0. The predicted octanol–water partition coefficient (Wildman–Crippen LogP) is 2.28. The van der Waals surface area contributed by atoms with E-state index in [1.54, 1.807) is 12.4 Å². The van der Waals surface area contributed by atoms with Gasteiger partial charge in [-0.05, 0) is 24.0 Å². The molecule has 1 aromatic heterocycles. The van der Waals surface area contributed by atoms with Crippen molar-refractivity contribution in [2.45, 2.75) is 25.8 Å². The van der Waals surface area contributed by atoms with Gasteiger partial charge in [0.15, 0.2) is 0 Å².